The molecule has 1 aromatic carbocycles. The molecule has 29 heavy (non-hydrogen) atoms. The predicted octanol–water partition coefficient (Wildman–Crippen LogP) is 3.44. The number of pyridine rings is 1. The number of carbonyl (C=O) groups is 1. The van der Waals surface area contributed by atoms with Gasteiger partial charge in [-0.1, -0.05) is 17.3 Å². The number of nitrogens with one attached hydrogen (secondary N) is 1. The zero-order valence-electron chi connectivity index (χ0n) is 16.5. The van der Waals surface area contributed by atoms with Crippen LogP contribution in [0.2, 0.25) is 0 Å². The first-order chi connectivity index (χ1) is 14.1. The van der Waals surface area contributed by atoms with Gasteiger partial charge >= 0.3 is 0 Å². The average Bonchev–Trinajstić information content (AvgIpc) is 3.38. The first kappa shape index (κ1) is 19.1. The van der Waals surface area contributed by atoms with E-state index in [1.54, 1.807) is 19.4 Å². The van der Waals surface area contributed by atoms with Gasteiger partial charge in [0, 0.05) is 37.0 Å². The van der Waals surface area contributed by atoms with E-state index in [0.717, 1.165) is 37.2 Å². The number of aromatic nitrogens is 3. The normalized spacial score (nSPS) is 16.7. The molecule has 1 fully saturated rings. The molecule has 1 unspecified atom stereocenters. The highest BCUT2D eigenvalue weighted by atomic mass is 16.5. The molecular weight excluding hydrogens is 370 g/mol. The second-order valence-corrected chi connectivity index (χ2v) is 7.05. The van der Waals surface area contributed by atoms with Crippen molar-refractivity contribution in [2.45, 2.75) is 32.4 Å². The van der Waals surface area contributed by atoms with E-state index in [4.69, 9.17) is 9.26 Å². The molecule has 8 nitrogen and oxygen atoms in total. The summed E-state index contributed by atoms with van der Waals surface area (Å²) >= 11 is 0. The third-order valence-corrected chi connectivity index (χ3v) is 4.95. The number of amides is 1. The Morgan fingerprint density at radius 3 is 2.79 bits per heavy atom. The number of hydrogen-bond donors (Lipinski definition) is 1. The summed E-state index contributed by atoms with van der Waals surface area (Å²) in [5.74, 6) is 1.63. The van der Waals surface area contributed by atoms with Crippen LogP contribution in [0.5, 0.6) is 5.88 Å². The average molecular weight is 393 g/mol. The number of hydrogen-bond acceptors (Lipinski definition) is 7. The minimum Gasteiger partial charge on any atom is -0.481 e. The van der Waals surface area contributed by atoms with Gasteiger partial charge in [-0.15, -0.1) is 0 Å². The fraction of sp³-hybridized carbons (Fsp3) is 0.333. The van der Waals surface area contributed by atoms with Crippen molar-refractivity contribution in [3.63, 3.8) is 0 Å². The van der Waals surface area contributed by atoms with Gasteiger partial charge in [0.25, 0.3) is 0 Å². The summed E-state index contributed by atoms with van der Waals surface area (Å²) in [6, 6.07) is 11.6. The minimum atomic E-state index is -0.0726. The van der Waals surface area contributed by atoms with Gasteiger partial charge in [0.05, 0.1) is 13.2 Å². The number of benzene rings is 1. The van der Waals surface area contributed by atoms with Gasteiger partial charge in [-0.2, -0.15) is 4.98 Å². The summed E-state index contributed by atoms with van der Waals surface area (Å²) in [4.78, 5) is 22.3. The maximum Gasteiger partial charge on any atom is 0.244 e. The number of carbonyl (C=O) groups excluding carboxylic acids is 1. The number of anilines is 1. The lowest BCUT2D eigenvalue weighted by atomic mass is 10.1. The lowest BCUT2D eigenvalue weighted by Gasteiger charge is -2.21. The van der Waals surface area contributed by atoms with Crippen molar-refractivity contribution < 1.29 is 14.1 Å². The standard InChI is InChI=1S/C21H23N5O3/c1-14(27)23-17-8-5-15(6-9-17)13-26-11-3-4-18(26)21-24-20(25-29-21)16-7-10-19(28-2)22-12-16/h5-10,12,18H,3-4,11,13H2,1-2H3,(H,23,27). The first-order valence-electron chi connectivity index (χ1n) is 9.57. The van der Waals surface area contributed by atoms with Crippen molar-refractivity contribution in [2.24, 2.45) is 0 Å². The van der Waals surface area contributed by atoms with Gasteiger partial charge in [-0.3, -0.25) is 9.69 Å². The van der Waals surface area contributed by atoms with Crippen LogP contribution < -0.4 is 10.1 Å². The van der Waals surface area contributed by atoms with Crippen LogP contribution in [0, 0.1) is 0 Å². The molecule has 1 atom stereocenters. The first-order valence-corrected chi connectivity index (χ1v) is 9.57. The zero-order valence-corrected chi connectivity index (χ0v) is 16.5. The summed E-state index contributed by atoms with van der Waals surface area (Å²) in [5.41, 5.74) is 2.76. The zero-order chi connectivity index (χ0) is 20.2. The number of likely N-dealkylation sites (tertiary alicyclic amines) is 1. The van der Waals surface area contributed by atoms with E-state index >= 15 is 0 Å². The Labute approximate surface area is 168 Å². The summed E-state index contributed by atoms with van der Waals surface area (Å²) in [6.07, 6.45) is 3.74. The number of methoxy groups -OCH3 is 1. The van der Waals surface area contributed by atoms with Gasteiger partial charge in [-0.05, 0) is 43.1 Å². The highest BCUT2D eigenvalue weighted by Crippen LogP contribution is 2.33. The second-order valence-electron chi connectivity index (χ2n) is 7.05. The van der Waals surface area contributed by atoms with E-state index in [0.29, 0.717) is 17.6 Å². The molecule has 150 valence electrons. The molecule has 0 bridgehead atoms. The Hall–Kier alpha value is -3.26. The van der Waals surface area contributed by atoms with Crippen LogP contribution in [0.15, 0.2) is 47.1 Å². The smallest absolute Gasteiger partial charge is 0.244 e. The van der Waals surface area contributed by atoms with Crippen LogP contribution in [0.1, 0.15) is 37.3 Å². The molecule has 0 radical (unpaired) electrons. The van der Waals surface area contributed by atoms with Crippen molar-refractivity contribution in [3.8, 4) is 17.3 Å². The topological polar surface area (TPSA) is 93.4 Å². The van der Waals surface area contributed by atoms with E-state index in [2.05, 4.69) is 25.3 Å². The van der Waals surface area contributed by atoms with Crippen LogP contribution >= 0.6 is 0 Å². The third kappa shape index (κ3) is 4.43. The Kier molecular flexibility index (Phi) is 5.53. The summed E-state index contributed by atoms with van der Waals surface area (Å²) in [6.45, 7) is 3.26. The molecule has 0 spiro atoms. The van der Waals surface area contributed by atoms with Crippen LogP contribution in [-0.4, -0.2) is 39.6 Å². The Morgan fingerprint density at radius 2 is 2.10 bits per heavy atom. The number of rotatable bonds is 6. The van der Waals surface area contributed by atoms with Gasteiger partial charge < -0.3 is 14.6 Å². The second kappa shape index (κ2) is 8.40. The quantitative estimate of drug-likeness (QED) is 0.686. The highest BCUT2D eigenvalue weighted by molar-refractivity contribution is 5.88. The van der Waals surface area contributed by atoms with Crippen molar-refractivity contribution in [1.82, 2.24) is 20.0 Å². The van der Waals surface area contributed by atoms with E-state index < -0.39 is 0 Å². The molecule has 0 aliphatic carbocycles. The van der Waals surface area contributed by atoms with Crippen LogP contribution in [0.3, 0.4) is 0 Å². The van der Waals surface area contributed by atoms with Crippen LogP contribution in [0.25, 0.3) is 11.4 Å². The Bertz CT molecular complexity index is 969. The molecule has 4 rings (SSSR count). The van der Waals surface area contributed by atoms with Crippen molar-refractivity contribution >= 4 is 11.6 Å². The monoisotopic (exact) mass is 393 g/mol. The molecular formula is C21H23N5O3. The van der Waals surface area contributed by atoms with E-state index in [-0.39, 0.29) is 11.9 Å². The fourth-order valence-electron chi connectivity index (χ4n) is 3.55. The maximum atomic E-state index is 11.2. The van der Waals surface area contributed by atoms with Crippen molar-refractivity contribution in [3.05, 3.63) is 54.0 Å². The molecule has 1 saturated heterocycles. The molecule has 0 saturated carbocycles. The molecule has 1 aliphatic rings. The molecule has 1 amide bonds. The maximum absolute atomic E-state index is 11.2. The van der Waals surface area contributed by atoms with Crippen LogP contribution in [-0.2, 0) is 11.3 Å². The lowest BCUT2D eigenvalue weighted by molar-refractivity contribution is -0.114. The Morgan fingerprint density at radius 1 is 1.28 bits per heavy atom. The van der Waals surface area contributed by atoms with Gasteiger partial charge in [0.2, 0.25) is 23.5 Å². The number of nitrogens with zero attached hydrogens (tertiary/aromatic N) is 4. The summed E-state index contributed by atoms with van der Waals surface area (Å²) in [7, 11) is 1.58. The molecule has 1 N–H and O–H groups in total. The van der Waals surface area contributed by atoms with Gasteiger partial charge in [-0.25, -0.2) is 4.98 Å². The van der Waals surface area contributed by atoms with Crippen molar-refractivity contribution in [1.29, 1.82) is 0 Å². The SMILES string of the molecule is COc1ccc(-c2noc(C3CCCN3Cc3ccc(NC(C)=O)cc3)n2)cn1. The highest BCUT2D eigenvalue weighted by Gasteiger charge is 2.30. The number of ether oxygens (including phenoxy) is 1. The molecule has 2 aromatic heterocycles. The largest absolute Gasteiger partial charge is 0.481 e. The molecule has 3 heterocycles. The van der Waals surface area contributed by atoms with Gasteiger partial charge in [0.15, 0.2) is 0 Å². The molecule has 3 aromatic rings. The predicted molar refractivity (Wildman–Crippen MR) is 107 cm³/mol. The van der Waals surface area contributed by atoms with E-state index in [1.807, 2.05) is 30.3 Å². The van der Waals surface area contributed by atoms with Gasteiger partial charge in [0.1, 0.15) is 0 Å². The minimum absolute atomic E-state index is 0.0726. The third-order valence-electron chi connectivity index (χ3n) is 4.95. The summed E-state index contributed by atoms with van der Waals surface area (Å²) < 4.78 is 10.7. The van der Waals surface area contributed by atoms with Crippen molar-refractivity contribution in [2.75, 3.05) is 19.0 Å². The fourth-order valence-corrected chi connectivity index (χ4v) is 3.55. The lowest BCUT2D eigenvalue weighted by Crippen LogP contribution is -2.23. The van der Waals surface area contributed by atoms with E-state index in [9.17, 15) is 4.79 Å². The molecule has 1 aliphatic heterocycles. The van der Waals surface area contributed by atoms with Crippen LogP contribution in [0.4, 0.5) is 5.69 Å². The Balaban J connectivity index is 1.45. The molecule has 8 heteroatoms. The summed E-state index contributed by atoms with van der Waals surface area (Å²) in [5, 5.41) is 6.92. The van der Waals surface area contributed by atoms with E-state index in [1.165, 1.54) is 12.5 Å².